The van der Waals surface area contributed by atoms with E-state index in [1.54, 1.807) is 6.92 Å². The van der Waals surface area contributed by atoms with Crippen LogP contribution in [0.5, 0.6) is 5.75 Å². The predicted octanol–water partition coefficient (Wildman–Crippen LogP) is 1.39. The van der Waals surface area contributed by atoms with Gasteiger partial charge in [0, 0.05) is 29.4 Å². The van der Waals surface area contributed by atoms with Crippen LogP contribution in [0.2, 0.25) is 0 Å². The average molecular weight is 322 g/mol. The zero-order valence-corrected chi connectivity index (χ0v) is 12.9. The van der Waals surface area contributed by atoms with Crippen molar-refractivity contribution in [1.82, 2.24) is 5.32 Å². The maximum absolute atomic E-state index is 12.0. The number of carbonyl (C=O) groups is 1. The standard InChI is InChI=1S/C12H16ClNO5S/c1-8(7-18-2)14-12(15)9-4-5-10(19-3)11(6-9)20(13,16)17/h4-6,8H,7H2,1-3H3,(H,14,15). The van der Waals surface area contributed by atoms with E-state index in [0.717, 1.165) is 0 Å². The van der Waals surface area contributed by atoms with Gasteiger partial charge in [0.15, 0.2) is 0 Å². The van der Waals surface area contributed by atoms with E-state index in [1.807, 2.05) is 0 Å². The lowest BCUT2D eigenvalue weighted by Gasteiger charge is -2.13. The van der Waals surface area contributed by atoms with Crippen molar-refractivity contribution in [1.29, 1.82) is 0 Å². The Balaban J connectivity index is 3.06. The molecule has 0 spiro atoms. The molecule has 1 rings (SSSR count). The minimum absolute atomic E-state index is 0.0847. The third-order valence-corrected chi connectivity index (χ3v) is 3.83. The van der Waals surface area contributed by atoms with Crippen molar-refractivity contribution in [3.63, 3.8) is 0 Å². The molecular formula is C12H16ClNO5S. The number of nitrogens with one attached hydrogen (secondary N) is 1. The molecule has 1 unspecified atom stereocenters. The Morgan fingerprint density at radius 2 is 2.05 bits per heavy atom. The molecule has 1 amide bonds. The van der Waals surface area contributed by atoms with E-state index in [1.165, 1.54) is 32.4 Å². The van der Waals surface area contributed by atoms with E-state index in [0.29, 0.717) is 6.61 Å². The first kappa shape index (κ1) is 16.7. The topological polar surface area (TPSA) is 81.7 Å². The molecule has 6 nitrogen and oxygen atoms in total. The number of rotatable bonds is 6. The Bertz CT molecular complexity index is 588. The lowest BCUT2D eigenvalue weighted by molar-refractivity contribution is 0.0905. The van der Waals surface area contributed by atoms with Gasteiger partial charge in [0.2, 0.25) is 0 Å². The highest BCUT2D eigenvalue weighted by molar-refractivity contribution is 8.13. The summed E-state index contributed by atoms with van der Waals surface area (Å²) in [7, 11) is 4.16. The molecule has 0 fully saturated rings. The third kappa shape index (κ3) is 4.36. The van der Waals surface area contributed by atoms with Crippen LogP contribution in [0, 0.1) is 0 Å². The summed E-state index contributed by atoms with van der Waals surface area (Å²) in [4.78, 5) is 11.7. The van der Waals surface area contributed by atoms with Gasteiger partial charge in [-0.1, -0.05) is 0 Å². The highest BCUT2D eigenvalue weighted by Crippen LogP contribution is 2.27. The molecule has 20 heavy (non-hydrogen) atoms. The first-order valence-electron chi connectivity index (χ1n) is 5.72. The van der Waals surface area contributed by atoms with Crippen LogP contribution in [0.1, 0.15) is 17.3 Å². The highest BCUT2D eigenvalue weighted by Gasteiger charge is 2.20. The summed E-state index contributed by atoms with van der Waals surface area (Å²) >= 11 is 0. The summed E-state index contributed by atoms with van der Waals surface area (Å²) in [5.41, 5.74) is 0.174. The molecule has 0 heterocycles. The molecule has 0 radical (unpaired) electrons. The van der Waals surface area contributed by atoms with Crippen molar-refractivity contribution >= 4 is 25.6 Å². The molecule has 1 N–H and O–H groups in total. The van der Waals surface area contributed by atoms with Gasteiger partial charge in [0.05, 0.1) is 13.7 Å². The van der Waals surface area contributed by atoms with E-state index < -0.39 is 15.0 Å². The number of hydrogen-bond donors (Lipinski definition) is 1. The summed E-state index contributed by atoms with van der Waals surface area (Å²) < 4.78 is 32.7. The zero-order chi connectivity index (χ0) is 15.3. The summed E-state index contributed by atoms with van der Waals surface area (Å²) in [6, 6.07) is 3.81. The van der Waals surface area contributed by atoms with Crippen LogP contribution < -0.4 is 10.1 Å². The van der Waals surface area contributed by atoms with Crippen molar-refractivity contribution in [2.24, 2.45) is 0 Å². The van der Waals surface area contributed by atoms with Crippen LogP contribution in [-0.2, 0) is 13.8 Å². The Morgan fingerprint density at radius 1 is 1.40 bits per heavy atom. The minimum Gasteiger partial charge on any atom is -0.495 e. The molecule has 0 saturated heterocycles. The van der Waals surface area contributed by atoms with Gasteiger partial charge in [0.1, 0.15) is 10.6 Å². The zero-order valence-electron chi connectivity index (χ0n) is 11.3. The number of carbonyl (C=O) groups excluding carboxylic acids is 1. The monoisotopic (exact) mass is 321 g/mol. The molecule has 0 saturated carbocycles. The number of ether oxygens (including phenoxy) is 2. The van der Waals surface area contributed by atoms with Gasteiger partial charge in [-0.3, -0.25) is 4.79 Å². The molecular weight excluding hydrogens is 306 g/mol. The van der Waals surface area contributed by atoms with Crippen LogP contribution in [0.4, 0.5) is 0 Å². The molecule has 0 bridgehead atoms. The number of methoxy groups -OCH3 is 2. The van der Waals surface area contributed by atoms with Crippen LogP contribution in [-0.4, -0.2) is 41.2 Å². The smallest absolute Gasteiger partial charge is 0.265 e. The van der Waals surface area contributed by atoms with Crippen LogP contribution in [0.3, 0.4) is 0 Å². The van der Waals surface area contributed by atoms with Crippen molar-refractivity contribution in [2.45, 2.75) is 17.9 Å². The van der Waals surface area contributed by atoms with E-state index in [9.17, 15) is 13.2 Å². The van der Waals surface area contributed by atoms with Crippen molar-refractivity contribution in [3.05, 3.63) is 23.8 Å². The fourth-order valence-corrected chi connectivity index (χ4v) is 2.63. The SMILES string of the molecule is COCC(C)NC(=O)c1ccc(OC)c(S(=O)(=O)Cl)c1. The van der Waals surface area contributed by atoms with Crippen molar-refractivity contribution in [2.75, 3.05) is 20.8 Å². The number of benzene rings is 1. The number of hydrogen-bond acceptors (Lipinski definition) is 5. The van der Waals surface area contributed by atoms with E-state index in [4.69, 9.17) is 20.2 Å². The molecule has 1 aromatic rings. The molecule has 1 atom stereocenters. The van der Waals surface area contributed by atoms with Crippen LogP contribution >= 0.6 is 10.7 Å². The van der Waals surface area contributed by atoms with Crippen molar-refractivity contribution in [3.8, 4) is 5.75 Å². The number of halogens is 1. The normalized spacial score (nSPS) is 12.8. The minimum atomic E-state index is -4.00. The van der Waals surface area contributed by atoms with Crippen LogP contribution in [0.25, 0.3) is 0 Å². The van der Waals surface area contributed by atoms with Gasteiger partial charge in [-0.05, 0) is 25.1 Å². The highest BCUT2D eigenvalue weighted by atomic mass is 35.7. The lowest BCUT2D eigenvalue weighted by atomic mass is 10.2. The second-order valence-electron chi connectivity index (χ2n) is 4.13. The van der Waals surface area contributed by atoms with Gasteiger partial charge in [-0.25, -0.2) is 8.42 Å². The van der Waals surface area contributed by atoms with Gasteiger partial charge in [0.25, 0.3) is 15.0 Å². The summed E-state index contributed by atoms with van der Waals surface area (Å²) in [5, 5.41) is 2.67. The second-order valence-corrected chi connectivity index (χ2v) is 6.67. The molecule has 0 aromatic heterocycles. The largest absolute Gasteiger partial charge is 0.495 e. The van der Waals surface area contributed by atoms with E-state index >= 15 is 0 Å². The van der Waals surface area contributed by atoms with E-state index in [2.05, 4.69) is 5.32 Å². The van der Waals surface area contributed by atoms with Crippen LogP contribution in [0.15, 0.2) is 23.1 Å². The Hall–Kier alpha value is -1.31. The average Bonchev–Trinajstić information content (AvgIpc) is 2.37. The molecule has 112 valence electrons. The number of amides is 1. The molecule has 1 aromatic carbocycles. The first-order valence-corrected chi connectivity index (χ1v) is 8.03. The molecule has 8 heteroatoms. The quantitative estimate of drug-likeness (QED) is 0.801. The Labute approximate surface area is 122 Å². The summed E-state index contributed by atoms with van der Waals surface area (Å²) in [6.45, 7) is 2.12. The van der Waals surface area contributed by atoms with E-state index in [-0.39, 0.29) is 22.3 Å². The first-order chi connectivity index (χ1) is 9.29. The Kier molecular flexibility index (Phi) is 5.79. The maximum atomic E-state index is 12.0. The molecule has 0 aliphatic heterocycles. The lowest BCUT2D eigenvalue weighted by Crippen LogP contribution is -2.35. The predicted molar refractivity (Wildman–Crippen MR) is 74.8 cm³/mol. The van der Waals surface area contributed by atoms with Gasteiger partial charge < -0.3 is 14.8 Å². The van der Waals surface area contributed by atoms with Crippen molar-refractivity contribution < 1.29 is 22.7 Å². The van der Waals surface area contributed by atoms with Gasteiger partial charge in [-0.2, -0.15) is 0 Å². The summed E-state index contributed by atoms with van der Waals surface area (Å²) in [6.07, 6.45) is 0. The molecule has 0 aliphatic carbocycles. The fourth-order valence-electron chi connectivity index (χ4n) is 1.61. The molecule has 0 aliphatic rings. The maximum Gasteiger partial charge on any atom is 0.265 e. The van der Waals surface area contributed by atoms with Gasteiger partial charge in [-0.15, -0.1) is 0 Å². The Morgan fingerprint density at radius 3 is 2.55 bits per heavy atom. The second kappa shape index (κ2) is 6.92. The fraction of sp³-hybridized carbons (Fsp3) is 0.417. The van der Waals surface area contributed by atoms with Gasteiger partial charge >= 0.3 is 0 Å². The third-order valence-electron chi connectivity index (χ3n) is 2.48. The summed E-state index contributed by atoms with van der Waals surface area (Å²) in [5.74, 6) is -0.333.